The van der Waals surface area contributed by atoms with Crippen LogP contribution in [0.2, 0.25) is 0 Å². The number of benzene rings is 1. The zero-order chi connectivity index (χ0) is 13.9. The molecule has 1 aromatic carbocycles. The molecule has 2 aromatic rings. The first kappa shape index (κ1) is 12.9. The van der Waals surface area contributed by atoms with Gasteiger partial charge in [0.2, 0.25) is 0 Å². The predicted molar refractivity (Wildman–Crippen MR) is 79.7 cm³/mol. The molecule has 1 aliphatic heterocycles. The summed E-state index contributed by atoms with van der Waals surface area (Å²) in [7, 11) is 0. The fourth-order valence-electron chi connectivity index (χ4n) is 2.90. The first-order valence-corrected chi connectivity index (χ1v) is 7.21. The average Bonchev–Trinajstić information content (AvgIpc) is 2.74. The highest BCUT2D eigenvalue weighted by molar-refractivity contribution is 5.93. The van der Waals surface area contributed by atoms with Crippen LogP contribution in [0.15, 0.2) is 18.2 Å². The van der Waals surface area contributed by atoms with Crippen molar-refractivity contribution >= 4 is 16.6 Å². The monoisotopic (exact) mass is 266 g/mol. The molecule has 0 bridgehead atoms. The molecule has 0 radical (unpaired) electrons. The van der Waals surface area contributed by atoms with E-state index in [4.69, 9.17) is 0 Å². The van der Waals surface area contributed by atoms with E-state index in [2.05, 4.69) is 34.2 Å². The largest absolute Gasteiger partial charge is 0.369 e. The second kappa shape index (κ2) is 5.46. The molecule has 0 saturated carbocycles. The molecule has 20 heavy (non-hydrogen) atoms. The number of hydrogen-bond donors (Lipinski definition) is 0. The number of nitriles is 1. The van der Waals surface area contributed by atoms with Crippen molar-refractivity contribution < 1.29 is 0 Å². The van der Waals surface area contributed by atoms with E-state index >= 15 is 0 Å². The number of hydrogen-bond acceptors (Lipinski definition) is 4. The fourth-order valence-corrected chi connectivity index (χ4v) is 2.90. The number of nitrogens with zero attached hydrogens (tertiary/aromatic N) is 4. The van der Waals surface area contributed by atoms with Crippen molar-refractivity contribution in [1.82, 2.24) is 10.2 Å². The number of anilines is 1. The summed E-state index contributed by atoms with van der Waals surface area (Å²) < 4.78 is 0. The van der Waals surface area contributed by atoms with Gasteiger partial charge in [0.1, 0.15) is 6.07 Å². The van der Waals surface area contributed by atoms with Gasteiger partial charge in [0.15, 0.2) is 5.69 Å². The third kappa shape index (κ3) is 2.32. The van der Waals surface area contributed by atoms with Crippen LogP contribution in [0, 0.1) is 18.3 Å². The molecule has 1 aromatic heterocycles. The van der Waals surface area contributed by atoms with Crippen molar-refractivity contribution in [2.45, 2.75) is 32.6 Å². The zero-order valence-electron chi connectivity index (χ0n) is 11.8. The maximum Gasteiger partial charge on any atom is 0.187 e. The number of fused-ring (bicyclic) bond motifs is 1. The highest BCUT2D eigenvalue weighted by Gasteiger charge is 2.18. The number of aryl methyl sites for hydroxylation is 1. The Kier molecular flexibility index (Phi) is 3.51. The van der Waals surface area contributed by atoms with E-state index in [0.29, 0.717) is 5.69 Å². The highest BCUT2D eigenvalue weighted by atomic mass is 15.2. The summed E-state index contributed by atoms with van der Waals surface area (Å²) >= 11 is 0. The standard InChI is InChI=1S/C16H18N4/c1-12-6-7-14-13(10-12)16(15(11-17)19-18-14)20-8-4-2-3-5-9-20/h6-7,10H,2-5,8-9H2,1H3. The van der Waals surface area contributed by atoms with Gasteiger partial charge in [-0.05, 0) is 31.9 Å². The first-order chi connectivity index (χ1) is 9.79. The quantitative estimate of drug-likeness (QED) is 0.795. The highest BCUT2D eigenvalue weighted by Crippen LogP contribution is 2.30. The average molecular weight is 266 g/mol. The van der Waals surface area contributed by atoms with Gasteiger partial charge in [0.25, 0.3) is 0 Å². The molecule has 0 spiro atoms. The maximum atomic E-state index is 9.37. The summed E-state index contributed by atoms with van der Waals surface area (Å²) in [5, 5.41) is 18.7. The molecule has 4 heteroatoms. The summed E-state index contributed by atoms with van der Waals surface area (Å²) in [5.41, 5.74) is 3.48. The van der Waals surface area contributed by atoms with Crippen LogP contribution in [-0.4, -0.2) is 23.3 Å². The molecule has 1 saturated heterocycles. The van der Waals surface area contributed by atoms with Crippen LogP contribution < -0.4 is 4.90 Å². The van der Waals surface area contributed by atoms with E-state index in [9.17, 15) is 5.26 Å². The minimum atomic E-state index is 0.449. The van der Waals surface area contributed by atoms with Crippen LogP contribution in [0.5, 0.6) is 0 Å². The van der Waals surface area contributed by atoms with Gasteiger partial charge < -0.3 is 4.90 Å². The minimum absolute atomic E-state index is 0.449. The van der Waals surface area contributed by atoms with Gasteiger partial charge >= 0.3 is 0 Å². The summed E-state index contributed by atoms with van der Waals surface area (Å²) in [6, 6.07) is 8.35. The Morgan fingerprint density at radius 3 is 2.55 bits per heavy atom. The van der Waals surface area contributed by atoms with Crippen molar-refractivity contribution in [1.29, 1.82) is 5.26 Å². The molecule has 0 aliphatic carbocycles. The molecule has 102 valence electrons. The molecule has 3 rings (SSSR count). The molecule has 0 amide bonds. The maximum absolute atomic E-state index is 9.37. The Morgan fingerprint density at radius 2 is 1.85 bits per heavy atom. The Bertz CT molecular complexity index is 664. The van der Waals surface area contributed by atoms with Crippen LogP contribution >= 0.6 is 0 Å². The molecule has 0 N–H and O–H groups in total. The summed E-state index contributed by atoms with van der Waals surface area (Å²) in [5.74, 6) is 0. The Balaban J connectivity index is 2.19. The van der Waals surface area contributed by atoms with Gasteiger partial charge in [-0.15, -0.1) is 10.2 Å². The molecule has 0 atom stereocenters. The summed E-state index contributed by atoms with van der Waals surface area (Å²) in [6.07, 6.45) is 4.91. The van der Waals surface area contributed by atoms with Crippen LogP contribution in [0.1, 0.15) is 36.9 Å². The molecule has 4 nitrogen and oxygen atoms in total. The molecule has 1 fully saturated rings. The molecule has 2 heterocycles. The lowest BCUT2D eigenvalue weighted by atomic mass is 10.1. The van der Waals surface area contributed by atoms with E-state index in [1.165, 1.54) is 31.2 Å². The second-order valence-corrected chi connectivity index (χ2v) is 5.43. The lowest BCUT2D eigenvalue weighted by Gasteiger charge is -2.24. The van der Waals surface area contributed by atoms with E-state index in [-0.39, 0.29) is 0 Å². The van der Waals surface area contributed by atoms with Gasteiger partial charge in [-0.2, -0.15) is 5.26 Å². The topological polar surface area (TPSA) is 52.8 Å². The van der Waals surface area contributed by atoms with Crippen LogP contribution in [0.3, 0.4) is 0 Å². The van der Waals surface area contributed by atoms with Crippen LogP contribution in [0.4, 0.5) is 5.69 Å². The molecular weight excluding hydrogens is 248 g/mol. The normalized spacial score (nSPS) is 15.9. The Labute approximate surface area is 119 Å². The SMILES string of the molecule is Cc1ccc2nnc(C#N)c(N3CCCCCC3)c2c1. The van der Waals surface area contributed by atoms with Crippen molar-refractivity contribution in [3.63, 3.8) is 0 Å². The van der Waals surface area contributed by atoms with Crippen molar-refractivity contribution in [3.05, 3.63) is 29.5 Å². The number of aromatic nitrogens is 2. The molecular formula is C16H18N4. The van der Waals surface area contributed by atoms with Crippen molar-refractivity contribution in [3.8, 4) is 6.07 Å². The predicted octanol–water partition coefficient (Wildman–Crippen LogP) is 3.19. The second-order valence-electron chi connectivity index (χ2n) is 5.43. The lowest BCUT2D eigenvalue weighted by molar-refractivity contribution is 0.726. The minimum Gasteiger partial charge on any atom is -0.369 e. The van der Waals surface area contributed by atoms with Gasteiger partial charge in [-0.25, -0.2) is 0 Å². The van der Waals surface area contributed by atoms with Crippen molar-refractivity contribution in [2.24, 2.45) is 0 Å². The smallest absolute Gasteiger partial charge is 0.187 e. The molecule has 1 aliphatic rings. The van der Waals surface area contributed by atoms with Crippen LogP contribution in [0.25, 0.3) is 10.9 Å². The van der Waals surface area contributed by atoms with E-state index < -0.39 is 0 Å². The summed E-state index contributed by atoms with van der Waals surface area (Å²) in [6.45, 7) is 4.07. The van der Waals surface area contributed by atoms with E-state index in [0.717, 1.165) is 29.7 Å². The third-order valence-corrected chi connectivity index (χ3v) is 3.92. The molecule has 0 unspecified atom stereocenters. The summed E-state index contributed by atoms with van der Waals surface area (Å²) in [4.78, 5) is 2.32. The lowest BCUT2D eigenvalue weighted by Crippen LogP contribution is -2.25. The Morgan fingerprint density at radius 1 is 1.10 bits per heavy atom. The van der Waals surface area contributed by atoms with Crippen molar-refractivity contribution in [2.75, 3.05) is 18.0 Å². The Hall–Kier alpha value is -2.15. The van der Waals surface area contributed by atoms with Gasteiger partial charge in [-0.3, -0.25) is 0 Å². The van der Waals surface area contributed by atoms with E-state index in [1.54, 1.807) is 0 Å². The van der Waals surface area contributed by atoms with Gasteiger partial charge in [0, 0.05) is 18.5 Å². The van der Waals surface area contributed by atoms with E-state index in [1.807, 2.05) is 12.1 Å². The van der Waals surface area contributed by atoms with Gasteiger partial charge in [0.05, 0.1) is 11.2 Å². The fraction of sp³-hybridized carbons (Fsp3) is 0.438. The van der Waals surface area contributed by atoms with Gasteiger partial charge in [-0.1, -0.05) is 24.5 Å². The van der Waals surface area contributed by atoms with Crippen LogP contribution in [-0.2, 0) is 0 Å². The number of rotatable bonds is 1. The first-order valence-electron chi connectivity index (χ1n) is 7.21. The zero-order valence-corrected chi connectivity index (χ0v) is 11.8. The third-order valence-electron chi connectivity index (χ3n) is 3.92.